The lowest BCUT2D eigenvalue weighted by Crippen LogP contribution is -2.14. The Bertz CT molecular complexity index is 1130. The van der Waals surface area contributed by atoms with E-state index in [2.05, 4.69) is 15.5 Å². The van der Waals surface area contributed by atoms with Crippen LogP contribution in [0.15, 0.2) is 40.0 Å². The van der Waals surface area contributed by atoms with Crippen LogP contribution in [0.4, 0.5) is 11.4 Å². The maximum atomic E-state index is 12.2. The number of hydrogen-bond donors (Lipinski definition) is 1. The van der Waals surface area contributed by atoms with Gasteiger partial charge in [-0.3, -0.25) is 14.9 Å². The third-order valence-electron chi connectivity index (χ3n) is 4.08. The topological polar surface area (TPSA) is 130 Å². The lowest BCUT2D eigenvalue weighted by Gasteiger charge is -2.08. The predicted molar refractivity (Wildman–Crippen MR) is 119 cm³/mol. The molecule has 1 heterocycles. The Morgan fingerprint density at radius 2 is 1.84 bits per heavy atom. The van der Waals surface area contributed by atoms with E-state index in [9.17, 15) is 14.9 Å². The number of non-ortho nitro benzene ring substituents is 1. The molecule has 10 nitrogen and oxygen atoms in total. The highest BCUT2D eigenvalue weighted by Crippen LogP contribution is 2.35. The van der Waals surface area contributed by atoms with Crippen molar-refractivity contribution in [1.29, 1.82) is 0 Å². The highest BCUT2D eigenvalue weighted by molar-refractivity contribution is 7.99. The Morgan fingerprint density at radius 3 is 2.47 bits per heavy atom. The zero-order valence-electron chi connectivity index (χ0n) is 16.8. The van der Waals surface area contributed by atoms with Gasteiger partial charge >= 0.3 is 0 Å². The quantitative estimate of drug-likeness (QED) is 0.255. The predicted octanol–water partition coefficient (Wildman–Crippen LogP) is 4.62. The fourth-order valence-corrected chi connectivity index (χ4v) is 3.77. The van der Waals surface area contributed by atoms with Crippen LogP contribution in [0, 0.1) is 10.1 Å². The number of nitro benzene ring substituents is 1. The van der Waals surface area contributed by atoms with E-state index in [1.165, 1.54) is 0 Å². The molecule has 0 aliphatic carbocycles. The van der Waals surface area contributed by atoms with Crippen molar-refractivity contribution in [3.63, 3.8) is 0 Å². The van der Waals surface area contributed by atoms with Crippen molar-refractivity contribution in [3.8, 4) is 11.5 Å². The molecule has 0 aliphatic rings. The van der Waals surface area contributed by atoms with Gasteiger partial charge in [-0.15, -0.1) is 10.2 Å². The van der Waals surface area contributed by atoms with Crippen molar-refractivity contribution in [1.82, 2.24) is 10.2 Å². The number of amides is 1. The molecular weight excluding hydrogens is 483 g/mol. The van der Waals surface area contributed by atoms with Gasteiger partial charge in [-0.25, -0.2) is 0 Å². The summed E-state index contributed by atoms with van der Waals surface area (Å²) in [5, 5.41) is 21.4. The Labute approximate surface area is 196 Å². The lowest BCUT2D eigenvalue weighted by molar-refractivity contribution is -0.384. The number of benzene rings is 2. The minimum absolute atomic E-state index is 0.0439. The number of rotatable bonds is 9. The first-order chi connectivity index (χ1) is 15.3. The number of thioether (sulfide) groups is 1. The summed E-state index contributed by atoms with van der Waals surface area (Å²) in [4.78, 5) is 22.4. The third kappa shape index (κ3) is 5.81. The molecule has 1 amide bonds. The fraction of sp³-hybridized carbons (Fsp3) is 0.211. The van der Waals surface area contributed by atoms with Crippen molar-refractivity contribution in [2.75, 3.05) is 25.3 Å². The van der Waals surface area contributed by atoms with E-state index in [1.807, 2.05) is 6.07 Å². The number of nitrogens with one attached hydrogen (secondary N) is 1. The van der Waals surface area contributed by atoms with Crippen molar-refractivity contribution in [2.24, 2.45) is 0 Å². The molecule has 0 spiro atoms. The monoisotopic (exact) mass is 498 g/mol. The standard InChI is InChI=1S/C19H16Cl2N4O6S/c1-29-14-4-3-10(5-15(14)30-2)6-17-23-24-19(31-17)32-9-16(26)22-18-12(20)7-11(25(27)28)8-13(18)21/h3-5,7-8H,6,9H2,1-2H3,(H,22,26). The molecule has 0 saturated carbocycles. The molecule has 0 aliphatic heterocycles. The Hall–Kier alpha value is -3.02. The third-order valence-corrected chi connectivity index (χ3v) is 5.50. The second kappa shape index (κ2) is 10.5. The number of methoxy groups -OCH3 is 2. The van der Waals surface area contributed by atoms with E-state index in [-0.39, 0.29) is 32.4 Å². The molecule has 0 bridgehead atoms. The number of carbonyl (C=O) groups excluding carboxylic acids is 1. The van der Waals surface area contributed by atoms with Crippen LogP contribution in [0.5, 0.6) is 11.5 Å². The summed E-state index contributed by atoms with van der Waals surface area (Å²) in [5.41, 5.74) is 0.687. The van der Waals surface area contributed by atoms with Crippen LogP contribution in [0.25, 0.3) is 0 Å². The number of halogens is 2. The van der Waals surface area contributed by atoms with E-state index in [0.29, 0.717) is 23.8 Å². The van der Waals surface area contributed by atoms with Gasteiger partial charge < -0.3 is 19.2 Å². The van der Waals surface area contributed by atoms with Crippen molar-refractivity contribution in [2.45, 2.75) is 11.6 Å². The summed E-state index contributed by atoms with van der Waals surface area (Å²) < 4.78 is 16.1. The number of nitrogens with zero attached hydrogens (tertiary/aromatic N) is 3. The van der Waals surface area contributed by atoms with Gasteiger partial charge in [0.25, 0.3) is 10.9 Å². The normalized spacial score (nSPS) is 10.6. The molecule has 0 fully saturated rings. The van der Waals surface area contributed by atoms with Crippen LogP contribution in [-0.2, 0) is 11.2 Å². The van der Waals surface area contributed by atoms with Crippen molar-refractivity contribution < 1.29 is 23.6 Å². The molecule has 2 aromatic carbocycles. The SMILES string of the molecule is COc1ccc(Cc2nnc(SCC(=O)Nc3c(Cl)cc([N+](=O)[O-])cc3Cl)o2)cc1OC. The number of ether oxygens (including phenoxy) is 2. The van der Waals surface area contributed by atoms with E-state index in [0.717, 1.165) is 29.5 Å². The van der Waals surface area contributed by atoms with E-state index < -0.39 is 10.8 Å². The van der Waals surface area contributed by atoms with E-state index in [4.69, 9.17) is 37.1 Å². The molecule has 168 valence electrons. The summed E-state index contributed by atoms with van der Waals surface area (Å²) in [7, 11) is 3.10. The van der Waals surface area contributed by atoms with Crippen LogP contribution in [-0.4, -0.2) is 41.0 Å². The Balaban J connectivity index is 1.58. The summed E-state index contributed by atoms with van der Waals surface area (Å²) >= 11 is 13.0. The molecule has 1 N–H and O–H groups in total. The summed E-state index contributed by atoms with van der Waals surface area (Å²) in [6.07, 6.45) is 0.369. The van der Waals surface area contributed by atoms with Gasteiger partial charge in [0.1, 0.15) is 0 Å². The van der Waals surface area contributed by atoms with Crippen LogP contribution in [0.1, 0.15) is 11.5 Å². The van der Waals surface area contributed by atoms with Gasteiger partial charge in [0.15, 0.2) is 11.5 Å². The smallest absolute Gasteiger partial charge is 0.277 e. The molecule has 0 radical (unpaired) electrons. The maximum Gasteiger partial charge on any atom is 0.277 e. The molecule has 0 saturated heterocycles. The number of carbonyl (C=O) groups is 1. The first-order valence-electron chi connectivity index (χ1n) is 8.90. The molecular formula is C19H16Cl2N4O6S. The van der Waals surface area contributed by atoms with Gasteiger partial charge in [0.2, 0.25) is 11.8 Å². The average molecular weight is 499 g/mol. The summed E-state index contributed by atoms with van der Waals surface area (Å²) in [6.45, 7) is 0. The second-order valence-electron chi connectivity index (χ2n) is 6.21. The van der Waals surface area contributed by atoms with Crippen LogP contribution < -0.4 is 14.8 Å². The van der Waals surface area contributed by atoms with Crippen LogP contribution in [0.2, 0.25) is 10.0 Å². The van der Waals surface area contributed by atoms with Gasteiger partial charge in [-0.1, -0.05) is 41.0 Å². The first-order valence-corrected chi connectivity index (χ1v) is 10.6. The molecule has 0 unspecified atom stereocenters. The number of aromatic nitrogens is 2. The number of hydrogen-bond acceptors (Lipinski definition) is 9. The van der Waals surface area contributed by atoms with Gasteiger partial charge in [0.05, 0.1) is 47.0 Å². The largest absolute Gasteiger partial charge is 0.493 e. The summed E-state index contributed by atoms with van der Waals surface area (Å²) in [6, 6.07) is 7.65. The highest BCUT2D eigenvalue weighted by Gasteiger charge is 2.17. The van der Waals surface area contributed by atoms with E-state index >= 15 is 0 Å². The molecule has 1 aromatic heterocycles. The number of nitro groups is 1. The van der Waals surface area contributed by atoms with Gasteiger partial charge in [0, 0.05) is 12.1 Å². The Kier molecular flexibility index (Phi) is 7.78. The maximum absolute atomic E-state index is 12.2. The van der Waals surface area contributed by atoms with Crippen LogP contribution in [0.3, 0.4) is 0 Å². The lowest BCUT2D eigenvalue weighted by atomic mass is 10.1. The highest BCUT2D eigenvalue weighted by atomic mass is 35.5. The molecule has 0 atom stereocenters. The molecule has 13 heteroatoms. The first kappa shape index (κ1) is 23.6. The average Bonchev–Trinajstić information content (AvgIpc) is 3.21. The number of anilines is 1. The minimum atomic E-state index is -0.631. The van der Waals surface area contributed by atoms with Crippen molar-refractivity contribution in [3.05, 3.63) is 61.9 Å². The van der Waals surface area contributed by atoms with Crippen molar-refractivity contribution >= 4 is 52.2 Å². The van der Waals surface area contributed by atoms with Gasteiger partial charge in [-0.2, -0.15) is 0 Å². The molecule has 3 rings (SSSR count). The minimum Gasteiger partial charge on any atom is -0.493 e. The zero-order chi connectivity index (χ0) is 23.3. The Morgan fingerprint density at radius 1 is 1.16 bits per heavy atom. The van der Waals surface area contributed by atoms with Gasteiger partial charge in [-0.05, 0) is 17.7 Å². The second-order valence-corrected chi connectivity index (χ2v) is 7.95. The van der Waals surface area contributed by atoms with Crippen LogP contribution >= 0.6 is 35.0 Å². The van der Waals surface area contributed by atoms with E-state index in [1.54, 1.807) is 26.4 Å². The summed E-state index contributed by atoms with van der Waals surface area (Å²) in [5.74, 6) is 1.03. The molecule has 3 aromatic rings. The fourth-order valence-electron chi connectivity index (χ4n) is 2.62. The zero-order valence-corrected chi connectivity index (χ0v) is 19.1. The molecule has 32 heavy (non-hydrogen) atoms.